The Labute approximate surface area is 275 Å². The van der Waals surface area contributed by atoms with E-state index in [1.165, 1.54) is 161 Å². The Bertz CT molecular complexity index is 629. The van der Waals surface area contributed by atoms with Crippen molar-refractivity contribution in [2.24, 2.45) is 0 Å². The third-order valence-corrected chi connectivity index (χ3v) is 8.99. The molecule has 0 rings (SSSR count). The molecule has 1 N–H and O–H groups in total. The minimum absolute atomic E-state index is 0.0936. The maximum Gasteiger partial charge on any atom is 0.306 e. The number of esters is 1. The zero-order chi connectivity index (χ0) is 32.2. The van der Waals surface area contributed by atoms with Gasteiger partial charge in [0.2, 0.25) is 0 Å². The van der Waals surface area contributed by atoms with Crippen molar-refractivity contribution in [2.75, 3.05) is 0 Å². The SMILES string of the molecule is CCCCCCCC/C=C\CCCCCCCC(=O)OC(CCCCCCCCCCCCCCCCC)CCCC(=O)O. The molecule has 1 unspecified atom stereocenters. The summed E-state index contributed by atoms with van der Waals surface area (Å²) in [6.45, 7) is 4.55. The first kappa shape index (κ1) is 42.7. The van der Waals surface area contributed by atoms with Gasteiger partial charge < -0.3 is 9.84 Å². The van der Waals surface area contributed by atoms with Gasteiger partial charge in [0.1, 0.15) is 6.10 Å². The molecule has 0 radical (unpaired) electrons. The largest absolute Gasteiger partial charge is 0.481 e. The van der Waals surface area contributed by atoms with E-state index in [1.807, 2.05) is 0 Å². The Balaban J connectivity index is 3.80. The van der Waals surface area contributed by atoms with Crippen LogP contribution in [0.4, 0.5) is 0 Å². The van der Waals surface area contributed by atoms with Crippen molar-refractivity contribution in [3.05, 3.63) is 12.2 Å². The third kappa shape index (κ3) is 35.2. The molecule has 0 aliphatic carbocycles. The van der Waals surface area contributed by atoms with E-state index >= 15 is 0 Å². The molecule has 0 saturated heterocycles. The van der Waals surface area contributed by atoms with E-state index in [9.17, 15) is 9.59 Å². The minimum Gasteiger partial charge on any atom is -0.481 e. The van der Waals surface area contributed by atoms with Gasteiger partial charge in [-0.25, -0.2) is 0 Å². The van der Waals surface area contributed by atoms with Crippen LogP contribution in [0.25, 0.3) is 0 Å². The number of carbonyl (C=O) groups excluding carboxylic acids is 1. The number of hydrogen-bond donors (Lipinski definition) is 1. The molecule has 0 aromatic heterocycles. The first-order valence-electron chi connectivity index (χ1n) is 19.7. The average molecular weight is 621 g/mol. The van der Waals surface area contributed by atoms with Crippen molar-refractivity contribution in [2.45, 2.75) is 232 Å². The van der Waals surface area contributed by atoms with Gasteiger partial charge in [0.05, 0.1) is 0 Å². The van der Waals surface area contributed by atoms with E-state index in [-0.39, 0.29) is 18.5 Å². The second-order valence-corrected chi connectivity index (χ2v) is 13.5. The van der Waals surface area contributed by atoms with Crippen LogP contribution in [0.5, 0.6) is 0 Å². The number of unbranched alkanes of at least 4 members (excludes halogenated alkanes) is 25. The number of carboxylic acid groups (broad SMARTS) is 1. The predicted molar refractivity (Wildman–Crippen MR) is 190 cm³/mol. The molecule has 0 heterocycles. The number of hydrogen-bond acceptors (Lipinski definition) is 3. The first-order chi connectivity index (χ1) is 21.6. The van der Waals surface area contributed by atoms with Gasteiger partial charge in [-0.2, -0.15) is 0 Å². The molecule has 44 heavy (non-hydrogen) atoms. The molecule has 0 aromatic rings. The van der Waals surface area contributed by atoms with Crippen molar-refractivity contribution in [3.63, 3.8) is 0 Å². The highest BCUT2D eigenvalue weighted by Gasteiger charge is 2.15. The summed E-state index contributed by atoms with van der Waals surface area (Å²) in [5, 5.41) is 9.02. The molecule has 0 bridgehead atoms. The van der Waals surface area contributed by atoms with Crippen LogP contribution in [0.3, 0.4) is 0 Å². The van der Waals surface area contributed by atoms with Crippen molar-refractivity contribution in [1.82, 2.24) is 0 Å². The zero-order valence-corrected chi connectivity index (χ0v) is 29.7. The molecular formula is C40H76O4. The van der Waals surface area contributed by atoms with Crippen molar-refractivity contribution < 1.29 is 19.4 Å². The third-order valence-electron chi connectivity index (χ3n) is 8.99. The number of carbonyl (C=O) groups is 2. The molecular weight excluding hydrogens is 544 g/mol. The van der Waals surface area contributed by atoms with Gasteiger partial charge in [0.15, 0.2) is 0 Å². The fraction of sp³-hybridized carbons (Fsp3) is 0.900. The van der Waals surface area contributed by atoms with Crippen LogP contribution < -0.4 is 0 Å². The number of carboxylic acids is 1. The summed E-state index contributed by atoms with van der Waals surface area (Å²) >= 11 is 0. The van der Waals surface area contributed by atoms with Crippen LogP contribution in [-0.4, -0.2) is 23.1 Å². The summed E-state index contributed by atoms with van der Waals surface area (Å²) in [6, 6.07) is 0. The van der Waals surface area contributed by atoms with Gasteiger partial charge in [-0.3, -0.25) is 9.59 Å². The van der Waals surface area contributed by atoms with Crippen molar-refractivity contribution >= 4 is 11.9 Å². The Morgan fingerprint density at radius 2 is 0.841 bits per heavy atom. The maximum atomic E-state index is 12.5. The van der Waals surface area contributed by atoms with Gasteiger partial charge in [-0.05, 0) is 57.8 Å². The van der Waals surface area contributed by atoms with Gasteiger partial charge >= 0.3 is 11.9 Å². The fourth-order valence-electron chi connectivity index (χ4n) is 6.07. The molecule has 0 amide bonds. The molecule has 4 nitrogen and oxygen atoms in total. The quantitative estimate of drug-likeness (QED) is 0.0430. The van der Waals surface area contributed by atoms with E-state index in [1.54, 1.807) is 0 Å². The molecule has 0 saturated carbocycles. The van der Waals surface area contributed by atoms with Crippen molar-refractivity contribution in [3.8, 4) is 0 Å². The summed E-state index contributed by atoms with van der Waals surface area (Å²) in [7, 11) is 0. The summed E-state index contributed by atoms with van der Waals surface area (Å²) < 4.78 is 5.83. The Morgan fingerprint density at radius 3 is 1.27 bits per heavy atom. The van der Waals surface area contributed by atoms with Gasteiger partial charge in [-0.15, -0.1) is 0 Å². The highest BCUT2D eigenvalue weighted by molar-refractivity contribution is 5.69. The van der Waals surface area contributed by atoms with E-state index in [0.29, 0.717) is 19.3 Å². The lowest BCUT2D eigenvalue weighted by molar-refractivity contribution is -0.150. The normalized spacial score (nSPS) is 12.2. The summed E-state index contributed by atoms with van der Waals surface area (Å²) in [5.41, 5.74) is 0. The van der Waals surface area contributed by atoms with Gasteiger partial charge in [-0.1, -0.05) is 167 Å². The Hall–Kier alpha value is -1.32. The lowest BCUT2D eigenvalue weighted by Gasteiger charge is -2.18. The van der Waals surface area contributed by atoms with Crippen LogP contribution in [0.2, 0.25) is 0 Å². The van der Waals surface area contributed by atoms with Crippen LogP contribution in [-0.2, 0) is 14.3 Å². The lowest BCUT2D eigenvalue weighted by Crippen LogP contribution is -2.18. The van der Waals surface area contributed by atoms with E-state index < -0.39 is 5.97 Å². The van der Waals surface area contributed by atoms with Crippen LogP contribution in [0, 0.1) is 0 Å². The monoisotopic (exact) mass is 621 g/mol. The molecule has 0 fully saturated rings. The van der Waals surface area contributed by atoms with E-state index in [2.05, 4.69) is 26.0 Å². The smallest absolute Gasteiger partial charge is 0.306 e. The fourth-order valence-corrected chi connectivity index (χ4v) is 6.07. The number of rotatable bonds is 36. The molecule has 0 spiro atoms. The molecule has 0 aliphatic heterocycles. The predicted octanol–water partition coefficient (Wildman–Crippen LogP) is 13.5. The molecule has 4 heteroatoms. The molecule has 0 aliphatic rings. The van der Waals surface area contributed by atoms with Crippen LogP contribution in [0.15, 0.2) is 12.2 Å². The Morgan fingerprint density at radius 1 is 0.477 bits per heavy atom. The summed E-state index contributed by atoms with van der Waals surface area (Å²) in [6.07, 6.45) is 43.7. The maximum absolute atomic E-state index is 12.5. The summed E-state index contributed by atoms with van der Waals surface area (Å²) in [5.74, 6) is -0.862. The Kier molecular flexibility index (Phi) is 35.1. The van der Waals surface area contributed by atoms with E-state index in [0.717, 1.165) is 25.7 Å². The number of allylic oxidation sites excluding steroid dienone is 2. The lowest BCUT2D eigenvalue weighted by atomic mass is 10.0. The van der Waals surface area contributed by atoms with Crippen LogP contribution >= 0.6 is 0 Å². The topological polar surface area (TPSA) is 63.6 Å². The average Bonchev–Trinajstić information content (AvgIpc) is 3.00. The second kappa shape index (κ2) is 36.2. The van der Waals surface area contributed by atoms with E-state index in [4.69, 9.17) is 9.84 Å². The van der Waals surface area contributed by atoms with Gasteiger partial charge in [0, 0.05) is 12.8 Å². The second-order valence-electron chi connectivity index (χ2n) is 13.5. The molecule has 0 aromatic carbocycles. The number of ether oxygens (including phenoxy) is 1. The molecule has 1 atom stereocenters. The molecule has 260 valence electrons. The van der Waals surface area contributed by atoms with Gasteiger partial charge in [0.25, 0.3) is 0 Å². The van der Waals surface area contributed by atoms with Crippen molar-refractivity contribution in [1.29, 1.82) is 0 Å². The highest BCUT2D eigenvalue weighted by atomic mass is 16.5. The number of aliphatic carboxylic acids is 1. The summed E-state index contributed by atoms with van der Waals surface area (Å²) in [4.78, 5) is 23.5. The highest BCUT2D eigenvalue weighted by Crippen LogP contribution is 2.18. The minimum atomic E-state index is -0.768. The zero-order valence-electron chi connectivity index (χ0n) is 29.7. The standard InChI is InChI=1S/C40H76O4/c1-3-5-7-9-11-13-15-17-19-21-23-25-27-29-31-34-38(35-33-36-39(41)42)44-40(43)37-32-30-28-26-24-22-20-18-16-14-12-10-8-6-4-2/h18,20,38H,3-17,19,21-37H2,1-2H3,(H,41,42)/b20-18-. The first-order valence-corrected chi connectivity index (χ1v) is 19.7. The van der Waals surface area contributed by atoms with Crippen LogP contribution in [0.1, 0.15) is 226 Å².